The molecule has 0 atom stereocenters. The third kappa shape index (κ3) is 1.84. The summed E-state index contributed by atoms with van der Waals surface area (Å²) in [5.41, 5.74) is 4.96. The number of imidazole rings is 1. The number of hydrogen-bond donors (Lipinski definition) is 1. The van der Waals surface area contributed by atoms with Crippen LogP contribution in [0.5, 0.6) is 5.75 Å². The Morgan fingerprint density at radius 1 is 1.35 bits per heavy atom. The second kappa shape index (κ2) is 4.09. The summed E-state index contributed by atoms with van der Waals surface area (Å²) in [7, 11) is 0. The van der Waals surface area contributed by atoms with Crippen molar-refractivity contribution in [3.05, 3.63) is 53.6 Å². The molecular weight excluding hydrogens is 212 g/mol. The van der Waals surface area contributed by atoms with Crippen LogP contribution in [-0.2, 0) is 6.42 Å². The predicted molar refractivity (Wildman–Crippen MR) is 66.8 cm³/mol. The summed E-state index contributed by atoms with van der Waals surface area (Å²) in [6.45, 7) is 2.83. The first-order valence-electron chi connectivity index (χ1n) is 5.72. The van der Waals surface area contributed by atoms with E-state index in [9.17, 15) is 0 Å². The Morgan fingerprint density at radius 3 is 3.06 bits per heavy atom. The molecule has 0 aliphatic carbocycles. The zero-order chi connectivity index (χ0) is 11.7. The fraction of sp³-hybridized carbons (Fsp3) is 0.214. The number of fused-ring (bicyclic) bond motifs is 1. The van der Waals surface area contributed by atoms with Crippen molar-refractivity contribution in [3.63, 3.8) is 0 Å². The molecule has 2 aromatic rings. The Morgan fingerprint density at radius 2 is 2.24 bits per heavy atom. The van der Waals surface area contributed by atoms with Gasteiger partial charge in [0.25, 0.3) is 0 Å². The number of hydrogen-bond acceptors (Lipinski definition) is 2. The number of ether oxygens (including phenoxy) is 1. The Bertz CT molecular complexity index is 555. The molecule has 17 heavy (non-hydrogen) atoms. The average molecular weight is 226 g/mol. The summed E-state index contributed by atoms with van der Waals surface area (Å²) >= 11 is 0. The van der Waals surface area contributed by atoms with Crippen LogP contribution in [0, 0.1) is 0 Å². The van der Waals surface area contributed by atoms with E-state index in [1.165, 1.54) is 16.7 Å². The molecule has 0 saturated carbocycles. The SMILES string of the molecule is CC1=C(Cc2cnc[nH]2)COc2ccccc21. The van der Waals surface area contributed by atoms with E-state index in [1.54, 1.807) is 6.33 Å². The summed E-state index contributed by atoms with van der Waals surface area (Å²) in [5, 5.41) is 0. The first-order chi connectivity index (χ1) is 8.34. The van der Waals surface area contributed by atoms with Crippen LogP contribution in [0.2, 0.25) is 0 Å². The van der Waals surface area contributed by atoms with E-state index in [4.69, 9.17) is 4.74 Å². The number of aromatic amines is 1. The molecule has 3 heteroatoms. The highest BCUT2D eigenvalue weighted by Crippen LogP contribution is 2.33. The smallest absolute Gasteiger partial charge is 0.127 e. The molecule has 1 N–H and O–H groups in total. The molecule has 1 aliphatic rings. The Kier molecular flexibility index (Phi) is 2.44. The maximum atomic E-state index is 5.76. The Balaban J connectivity index is 1.96. The monoisotopic (exact) mass is 226 g/mol. The van der Waals surface area contributed by atoms with Gasteiger partial charge in [-0.1, -0.05) is 18.2 Å². The fourth-order valence-electron chi connectivity index (χ4n) is 2.16. The summed E-state index contributed by atoms with van der Waals surface area (Å²) in [4.78, 5) is 7.17. The Labute approximate surface area is 100 Å². The van der Waals surface area contributed by atoms with E-state index in [0.717, 1.165) is 17.9 Å². The van der Waals surface area contributed by atoms with Gasteiger partial charge in [0.05, 0.1) is 6.33 Å². The number of benzene rings is 1. The quantitative estimate of drug-likeness (QED) is 0.855. The molecule has 3 nitrogen and oxygen atoms in total. The molecule has 86 valence electrons. The van der Waals surface area contributed by atoms with Crippen molar-refractivity contribution < 1.29 is 4.74 Å². The largest absolute Gasteiger partial charge is 0.489 e. The van der Waals surface area contributed by atoms with Crippen molar-refractivity contribution in [2.45, 2.75) is 13.3 Å². The van der Waals surface area contributed by atoms with Gasteiger partial charge < -0.3 is 9.72 Å². The van der Waals surface area contributed by atoms with Crippen molar-refractivity contribution in [2.75, 3.05) is 6.61 Å². The van der Waals surface area contributed by atoms with Crippen molar-refractivity contribution in [1.29, 1.82) is 0 Å². The predicted octanol–water partition coefficient (Wildman–Crippen LogP) is 2.82. The highest BCUT2D eigenvalue weighted by Gasteiger charge is 2.16. The maximum Gasteiger partial charge on any atom is 0.127 e. The molecule has 3 rings (SSSR count). The standard InChI is InChI=1S/C14H14N2O/c1-10-11(6-12-7-15-9-16-12)8-17-14-5-3-2-4-13(10)14/h2-5,7,9H,6,8H2,1H3,(H,15,16). The topological polar surface area (TPSA) is 37.9 Å². The van der Waals surface area contributed by atoms with Crippen molar-refractivity contribution in [1.82, 2.24) is 9.97 Å². The average Bonchev–Trinajstić information content (AvgIpc) is 2.86. The van der Waals surface area contributed by atoms with Gasteiger partial charge >= 0.3 is 0 Å². The van der Waals surface area contributed by atoms with Crippen LogP contribution in [0.15, 0.2) is 42.4 Å². The maximum absolute atomic E-state index is 5.76. The minimum Gasteiger partial charge on any atom is -0.489 e. The minimum atomic E-state index is 0.669. The van der Waals surface area contributed by atoms with Gasteiger partial charge in [0.15, 0.2) is 0 Å². The lowest BCUT2D eigenvalue weighted by Gasteiger charge is -2.21. The molecule has 1 aromatic carbocycles. The second-order valence-corrected chi connectivity index (χ2v) is 4.27. The molecule has 1 aliphatic heterocycles. The first-order valence-corrected chi connectivity index (χ1v) is 5.72. The lowest BCUT2D eigenvalue weighted by atomic mass is 9.96. The summed E-state index contributed by atoms with van der Waals surface area (Å²) in [5.74, 6) is 0.985. The van der Waals surface area contributed by atoms with Gasteiger partial charge in [-0.15, -0.1) is 0 Å². The van der Waals surface area contributed by atoms with E-state index in [2.05, 4.69) is 23.0 Å². The van der Waals surface area contributed by atoms with Crippen LogP contribution in [0.1, 0.15) is 18.2 Å². The molecule has 2 heterocycles. The molecular formula is C14H14N2O. The lowest BCUT2D eigenvalue weighted by Crippen LogP contribution is -2.12. The third-order valence-corrected chi connectivity index (χ3v) is 3.18. The summed E-state index contributed by atoms with van der Waals surface area (Å²) < 4.78 is 5.76. The molecule has 0 bridgehead atoms. The van der Waals surface area contributed by atoms with E-state index in [1.807, 2.05) is 24.4 Å². The fourth-order valence-corrected chi connectivity index (χ4v) is 2.16. The Hall–Kier alpha value is -2.03. The van der Waals surface area contributed by atoms with Crippen LogP contribution in [0.25, 0.3) is 5.57 Å². The molecule has 0 saturated heterocycles. The molecule has 0 radical (unpaired) electrons. The third-order valence-electron chi connectivity index (χ3n) is 3.18. The van der Waals surface area contributed by atoms with Crippen LogP contribution in [-0.4, -0.2) is 16.6 Å². The number of nitrogens with zero attached hydrogens (tertiary/aromatic N) is 1. The molecule has 0 amide bonds. The number of allylic oxidation sites excluding steroid dienone is 1. The second-order valence-electron chi connectivity index (χ2n) is 4.27. The van der Waals surface area contributed by atoms with Gasteiger partial charge in [-0.2, -0.15) is 0 Å². The zero-order valence-corrected chi connectivity index (χ0v) is 9.73. The molecule has 1 aromatic heterocycles. The molecule has 0 unspecified atom stereocenters. The number of rotatable bonds is 2. The van der Waals surface area contributed by atoms with E-state index in [0.29, 0.717) is 6.61 Å². The van der Waals surface area contributed by atoms with Crippen molar-refractivity contribution >= 4 is 5.57 Å². The first kappa shape index (κ1) is 10.1. The van der Waals surface area contributed by atoms with Crippen LogP contribution >= 0.6 is 0 Å². The van der Waals surface area contributed by atoms with Crippen molar-refractivity contribution in [2.24, 2.45) is 0 Å². The van der Waals surface area contributed by atoms with E-state index < -0.39 is 0 Å². The minimum absolute atomic E-state index is 0.669. The zero-order valence-electron chi connectivity index (χ0n) is 9.73. The highest BCUT2D eigenvalue weighted by atomic mass is 16.5. The van der Waals surface area contributed by atoms with Gasteiger partial charge in [0, 0.05) is 23.9 Å². The molecule has 0 spiro atoms. The van der Waals surface area contributed by atoms with Gasteiger partial charge in [0.2, 0.25) is 0 Å². The summed E-state index contributed by atoms with van der Waals surface area (Å²) in [6.07, 6.45) is 4.45. The highest BCUT2D eigenvalue weighted by molar-refractivity contribution is 5.73. The summed E-state index contributed by atoms with van der Waals surface area (Å²) in [6, 6.07) is 8.18. The number of nitrogens with one attached hydrogen (secondary N) is 1. The van der Waals surface area contributed by atoms with Gasteiger partial charge in [-0.25, -0.2) is 4.98 Å². The normalized spacial score (nSPS) is 14.4. The van der Waals surface area contributed by atoms with Gasteiger partial charge in [0.1, 0.15) is 12.4 Å². The van der Waals surface area contributed by atoms with Gasteiger partial charge in [-0.05, 0) is 24.1 Å². The van der Waals surface area contributed by atoms with Gasteiger partial charge in [-0.3, -0.25) is 0 Å². The number of para-hydroxylation sites is 1. The van der Waals surface area contributed by atoms with E-state index >= 15 is 0 Å². The van der Waals surface area contributed by atoms with Crippen LogP contribution in [0.3, 0.4) is 0 Å². The van der Waals surface area contributed by atoms with E-state index in [-0.39, 0.29) is 0 Å². The number of H-pyrrole nitrogens is 1. The van der Waals surface area contributed by atoms with Crippen molar-refractivity contribution in [3.8, 4) is 5.75 Å². The van der Waals surface area contributed by atoms with Crippen LogP contribution < -0.4 is 4.74 Å². The lowest BCUT2D eigenvalue weighted by molar-refractivity contribution is 0.342. The molecule has 0 fully saturated rings. The van der Waals surface area contributed by atoms with Crippen LogP contribution in [0.4, 0.5) is 0 Å². The number of aromatic nitrogens is 2.